The maximum atomic E-state index is 10.8. The van der Waals surface area contributed by atoms with Crippen LogP contribution in [0.25, 0.3) is 0 Å². The van der Waals surface area contributed by atoms with Crippen molar-refractivity contribution in [2.45, 2.75) is 6.92 Å². The molecular weight excluding hydrogens is 162 g/mol. The van der Waals surface area contributed by atoms with Gasteiger partial charge in [-0.05, 0) is 0 Å². The summed E-state index contributed by atoms with van der Waals surface area (Å²) in [6, 6.07) is 0. The number of aryl methyl sites for hydroxylation is 1. The van der Waals surface area contributed by atoms with Gasteiger partial charge in [-0.25, -0.2) is 0 Å². The second-order valence-corrected chi connectivity index (χ2v) is 2.35. The summed E-state index contributed by atoms with van der Waals surface area (Å²) in [7, 11) is 1.53. The van der Waals surface area contributed by atoms with Crippen LogP contribution in [0, 0.1) is 10.1 Å². The van der Waals surface area contributed by atoms with Crippen LogP contribution in [0.4, 0.5) is 5.69 Å². The van der Waals surface area contributed by atoms with E-state index in [9.17, 15) is 14.9 Å². The summed E-state index contributed by atoms with van der Waals surface area (Å²) in [6.45, 7) is 1.25. The smallest absolute Gasteiger partial charge is 0.292 e. The maximum Gasteiger partial charge on any atom is 0.317 e. The van der Waals surface area contributed by atoms with Gasteiger partial charge in [-0.1, -0.05) is 0 Å². The lowest BCUT2D eigenvalue weighted by Crippen LogP contribution is -1.99. The Balaban J connectivity index is 3.26. The molecule has 1 heterocycles. The fourth-order valence-electron chi connectivity index (χ4n) is 0.860. The zero-order valence-electron chi connectivity index (χ0n) is 6.64. The van der Waals surface area contributed by atoms with E-state index < -0.39 is 10.7 Å². The Kier molecular flexibility index (Phi) is 1.90. The minimum atomic E-state index is -0.621. The lowest BCUT2D eigenvalue weighted by molar-refractivity contribution is -0.385. The van der Waals surface area contributed by atoms with Crippen molar-refractivity contribution in [3.63, 3.8) is 0 Å². The van der Waals surface area contributed by atoms with E-state index in [0.29, 0.717) is 0 Å². The Bertz CT molecular complexity index is 310. The largest absolute Gasteiger partial charge is 0.317 e. The van der Waals surface area contributed by atoms with Gasteiger partial charge in [0.2, 0.25) is 5.69 Å². The van der Waals surface area contributed by atoms with E-state index in [1.165, 1.54) is 24.9 Å². The molecule has 64 valence electrons. The van der Waals surface area contributed by atoms with Crippen LogP contribution in [0.15, 0.2) is 6.20 Å². The number of ketones is 1. The van der Waals surface area contributed by atoms with Gasteiger partial charge in [0.05, 0.1) is 4.92 Å². The van der Waals surface area contributed by atoms with Crippen LogP contribution in [0.3, 0.4) is 0 Å². The Morgan fingerprint density at radius 1 is 1.75 bits per heavy atom. The molecule has 0 aliphatic carbocycles. The molecule has 6 nitrogen and oxygen atoms in total. The first kappa shape index (κ1) is 8.38. The van der Waals surface area contributed by atoms with Gasteiger partial charge in [-0.2, -0.15) is 5.10 Å². The van der Waals surface area contributed by atoms with Crippen LogP contribution in [0.5, 0.6) is 0 Å². The highest BCUT2D eigenvalue weighted by Gasteiger charge is 2.21. The number of Topliss-reactive ketones (excluding diaryl/α,β-unsaturated/α-hetero) is 1. The van der Waals surface area contributed by atoms with Crippen LogP contribution < -0.4 is 0 Å². The monoisotopic (exact) mass is 169 g/mol. The Morgan fingerprint density at radius 3 is 2.67 bits per heavy atom. The molecule has 0 fully saturated rings. The van der Waals surface area contributed by atoms with E-state index in [1.54, 1.807) is 0 Å². The molecule has 0 aliphatic heterocycles. The second-order valence-electron chi connectivity index (χ2n) is 2.35. The summed E-state index contributed by atoms with van der Waals surface area (Å²) >= 11 is 0. The second kappa shape index (κ2) is 2.72. The number of hydrogen-bond donors (Lipinski definition) is 0. The zero-order chi connectivity index (χ0) is 9.30. The maximum absolute atomic E-state index is 10.8. The highest BCUT2D eigenvalue weighted by atomic mass is 16.6. The summed E-state index contributed by atoms with van der Waals surface area (Å²) in [4.78, 5) is 20.5. The summed E-state index contributed by atoms with van der Waals surface area (Å²) in [5, 5.41) is 14.0. The molecule has 1 rings (SSSR count). The van der Waals surface area contributed by atoms with Crippen LogP contribution in [0.1, 0.15) is 17.4 Å². The number of nitrogens with zero attached hydrogens (tertiary/aromatic N) is 3. The Labute approximate surface area is 67.9 Å². The van der Waals surface area contributed by atoms with Crippen molar-refractivity contribution in [3.05, 3.63) is 22.0 Å². The minimum absolute atomic E-state index is 0.0949. The summed E-state index contributed by atoms with van der Waals surface area (Å²) < 4.78 is 1.24. The molecule has 6 heteroatoms. The van der Waals surface area contributed by atoms with Gasteiger partial charge in [0.25, 0.3) is 0 Å². The number of carbonyl (C=O) groups excluding carboxylic acids is 1. The third kappa shape index (κ3) is 1.31. The van der Waals surface area contributed by atoms with E-state index in [2.05, 4.69) is 5.10 Å². The van der Waals surface area contributed by atoms with Gasteiger partial charge < -0.3 is 0 Å². The molecule has 12 heavy (non-hydrogen) atoms. The van der Waals surface area contributed by atoms with E-state index in [-0.39, 0.29) is 11.4 Å². The molecular formula is C6H7N3O3. The lowest BCUT2D eigenvalue weighted by atomic mass is 10.3. The van der Waals surface area contributed by atoms with Gasteiger partial charge in [0.15, 0.2) is 5.78 Å². The molecule has 0 N–H and O–H groups in total. The molecule has 0 bridgehead atoms. The van der Waals surface area contributed by atoms with Crippen molar-refractivity contribution < 1.29 is 9.72 Å². The van der Waals surface area contributed by atoms with Crippen molar-refractivity contribution >= 4 is 11.5 Å². The number of rotatable bonds is 2. The van der Waals surface area contributed by atoms with Gasteiger partial charge in [0.1, 0.15) is 6.20 Å². The quantitative estimate of drug-likeness (QED) is 0.367. The summed E-state index contributed by atoms with van der Waals surface area (Å²) in [6.07, 6.45) is 1.21. The average Bonchev–Trinajstić information content (AvgIpc) is 2.31. The third-order valence-corrected chi connectivity index (χ3v) is 1.34. The fourth-order valence-corrected chi connectivity index (χ4v) is 0.860. The summed E-state index contributed by atoms with van der Waals surface area (Å²) in [5.41, 5.74) is -0.340. The Morgan fingerprint density at radius 2 is 2.33 bits per heavy atom. The number of carbonyl (C=O) groups is 1. The molecule has 0 unspecified atom stereocenters. The highest BCUT2D eigenvalue weighted by molar-refractivity contribution is 5.95. The van der Waals surface area contributed by atoms with Crippen LogP contribution in [-0.2, 0) is 7.05 Å². The van der Waals surface area contributed by atoms with E-state index in [0.717, 1.165) is 0 Å². The molecule has 0 spiro atoms. The summed E-state index contributed by atoms with van der Waals surface area (Å²) in [5.74, 6) is -0.401. The number of nitro groups is 1. The van der Waals surface area contributed by atoms with Gasteiger partial charge >= 0.3 is 5.69 Å². The van der Waals surface area contributed by atoms with Crippen molar-refractivity contribution in [1.29, 1.82) is 0 Å². The SMILES string of the molecule is CC(=O)c1nn(C)cc1[N+](=O)[O-]. The molecule has 1 aromatic heterocycles. The first-order chi connectivity index (χ1) is 5.52. The lowest BCUT2D eigenvalue weighted by Gasteiger charge is -1.86. The highest BCUT2D eigenvalue weighted by Crippen LogP contribution is 2.15. The standard InChI is InChI=1S/C6H7N3O3/c1-4(10)6-5(9(11)12)3-8(2)7-6/h3H,1-2H3. The molecule has 0 saturated carbocycles. The predicted molar refractivity (Wildman–Crippen MR) is 39.9 cm³/mol. The van der Waals surface area contributed by atoms with Crippen LogP contribution in [-0.4, -0.2) is 20.5 Å². The van der Waals surface area contributed by atoms with Crippen molar-refractivity contribution in [2.75, 3.05) is 0 Å². The van der Waals surface area contributed by atoms with Gasteiger partial charge in [0, 0.05) is 14.0 Å². The van der Waals surface area contributed by atoms with Gasteiger partial charge in [-0.15, -0.1) is 0 Å². The van der Waals surface area contributed by atoms with E-state index in [4.69, 9.17) is 0 Å². The molecule has 0 aromatic carbocycles. The number of hydrogen-bond acceptors (Lipinski definition) is 4. The predicted octanol–water partition coefficient (Wildman–Crippen LogP) is 0.531. The van der Waals surface area contributed by atoms with Crippen molar-refractivity contribution in [2.24, 2.45) is 7.05 Å². The zero-order valence-corrected chi connectivity index (χ0v) is 6.64. The third-order valence-electron chi connectivity index (χ3n) is 1.34. The first-order valence-electron chi connectivity index (χ1n) is 3.21. The molecule has 1 aromatic rings. The first-order valence-corrected chi connectivity index (χ1v) is 3.21. The normalized spacial score (nSPS) is 9.83. The van der Waals surface area contributed by atoms with Gasteiger partial charge in [-0.3, -0.25) is 19.6 Å². The van der Waals surface area contributed by atoms with Crippen molar-refractivity contribution in [1.82, 2.24) is 9.78 Å². The Hall–Kier alpha value is -1.72. The molecule has 0 amide bonds. The molecule has 0 aliphatic rings. The molecule has 0 saturated heterocycles. The topological polar surface area (TPSA) is 78.0 Å². The van der Waals surface area contributed by atoms with E-state index >= 15 is 0 Å². The minimum Gasteiger partial charge on any atom is -0.292 e. The van der Waals surface area contributed by atoms with Crippen LogP contribution in [0.2, 0.25) is 0 Å². The van der Waals surface area contributed by atoms with Crippen LogP contribution >= 0.6 is 0 Å². The van der Waals surface area contributed by atoms with Crippen molar-refractivity contribution in [3.8, 4) is 0 Å². The average molecular weight is 169 g/mol. The molecule has 0 radical (unpaired) electrons. The number of aromatic nitrogens is 2. The molecule has 0 atom stereocenters. The van der Waals surface area contributed by atoms with E-state index in [1.807, 2.05) is 0 Å². The fraction of sp³-hybridized carbons (Fsp3) is 0.333.